The maximum absolute atomic E-state index is 12.0. The Morgan fingerprint density at radius 2 is 1.82 bits per heavy atom. The predicted molar refractivity (Wildman–Crippen MR) is 49.3 cm³/mol. The lowest BCUT2D eigenvalue weighted by atomic mass is 10.3. The molecular weight excluding hydrogens is 249 g/mol. The van der Waals surface area contributed by atoms with Crippen LogP contribution in [0.1, 0.15) is 0 Å². The van der Waals surface area contributed by atoms with Gasteiger partial charge in [0, 0.05) is 18.8 Å². The highest BCUT2D eigenvalue weighted by Gasteiger charge is 2.32. The molecule has 8 heteroatoms. The van der Waals surface area contributed by atoms with Gasteiger partial charge in [-0.05, 0) is 12.1 Å². The van der Waals surface area contributed by atoms with Crippen molar-refractivity contribution in [2.75, 3.05) is 12.4 Å². The first-order valence-corrected chi connectivity index (χ1v) is 4.34. The van der Waals surface area contributed by atoms with Crippen molar-refractivity contribution in [2.24, 2.45) is 0 Å². The standard InChI is InChI=1S/C9H8F5NO2/c1-15-5-2-3-6(17-9(12,13)14)7(4-5)16-8(10)11/h2-4,8,15H,1H3. The zero-order chi connectivity index (χ0) is 13.1. The van der Waals surface area contributed by atoms with Crippen LogP contribution in [0, 0.1) is 0 Å². The van der Waals surface area contributed by atoms with Gasteiger partial charge in [-0.1, -0.05) is 0 Å². The molecule has 1 rings (SSSR count). The molecule has 1 N–H and O–H groups in total. The Balaban J connectivity index is 3.02. The minimum absolute atomic E-state index is 0.315. The highest BCUT2D eigenvalue weighted by atomic mass is 19.4. The molecule has 96 valence electrons. The fourth-order valence-electron chi connectivity index (χ4n) is 1.06. The zero-order valence-electron chi connectivity index (χ0n) is 8.52. The molecular formula is C9H8F5NO2. The quantitative estimate of drug-likeness (QED) is 0.840. The van der Waals surface area contributed by atoms with Crippen LogP contribution in [0.4, 0.5) is 27.6 Å². The molecule has 0 heterocycles. The van der Waals surface area contributed by atoms with Crippen LogP contribution < -0.4 is 14.8 Å². The molecule has 0 aliphatic rings. The fourth-order valence-corrected chi connectivity index (χ4v) is 1.06. The number of anilines is 1. The molecule has 0 aliphatic carbocycles. The van der Waals surface area contributed by atoms with E-state index in [9.17, 15) is 22.0 Å². The first-order chi connectivity index (χ1) is 7.81. The van der Waals surface area contributed by atoms with Gasteiger partial charge in [0.15, 0.2) is 11.5 Å². The minimum Gasteiger partial charge on any atom is -0.431 e. The van der Waals surface area contributed by atoms with E-state index in [4.69, 9.17) is 0 Å². The number of hydrogen-bond acceptors (Lipinski definition) is 3. The Morgan fingerprint density at radius 1 is 1.18 bits per heavy atom. The van der Waals surface area contributed by atoms with E-state index in [-0.39, 0.29) is 0 Å². The summed E-state index contributed by atoms with van der Waals surface area (Å²) in [5, 5.41) is 2.57. The largest absolute Gasteiger partial charge is 0.573 e. The van der Waals surface area contributed by atoms with E-state index in [1.54, 1.807) is 0 Å². The van der Waals surface area contributed by atoms with Gasteiger partial charge in [0.2, 0.25) is 0 Å². The van der Waals surface area contributed by atoms with Crippen molar-refractivity contribution < 1.29 is 31.4 Å². The van der Waals surface area contributed by atoms with Crippen LogP contribution in [-0.4, -0.2) is 20.0 Å². The minimum atomic E-state index is -4.97. The number of alkyl halides is 5. The Hall–Kier alpha value is -1.73. The molecule has 3 nitrogen and oxygen atoms in total. The summed E-state index contributed by atoms with van der Waals surface area (Å²) in [6, 6.07) is 3.10. The van der Waals surface area contributed by atoms with E-state index in [2.05, 4.69) is 14.8 Å². The number of nitrogens with one attached hydrogen (secondary N) is 1. The van der Waals surface area contributed by atoms with Gasteiger partial charge in [-0.3, -0.25) is 0 Å². The number of hydrogen-bond donors (Lipinski definition) is 1. The molecule has 0 unspecified atom stereocenters. The highest BCUT2D eigenvalue weighted by Crippen LogP contribution is 2.35. The smallest absolute Gasteiger partial charge is 0.431 e. The topological polar surface area (TPSA) is 30.5 Å². The van der Waals surface area contributed by atoms with Gasteiger partial charge in [-0.15, -0.1) is 13.2 Å². The first kappa shape index (κ1) is 13.3. The molecule has 17 heavy (non-hydrogen) atoms. The lowest BCUT2D eigenvalue weighted by molar-refractivity contribution is -0.275. The third-order valence-corrected chi connectivity index (χ3v) is 1.67. The van der Waals surface area contributed by atoms with Gasteiger partial charge in [-0.2, -0.15) is 8.78 Å². The van der Waals surface area contributed by atoms with Crippen LogP contribution in [0.3, 0.4) is 0 Å². The summed E-state index contributed by atoms with van der Waals surface area (Å²) < 4.78 is 67.3. The maximum atomic E-state index is 12.0. The van der Waals surface area contributed by atoms with E-state index < -0.39 is 24.5 Å². The summed E-state index contributed by atoms with van der Waals surface area (Å²) in [6.07, 6.45) is -4.97. The number of benzene rings is 1. The number of rotatable bonds is 4. The predicted octanol–water partition coefficient (Wildman–Crippen LogP) is 3.23. The van der Waals surface area contributed by atoms with Gasteiger partial charge < -0.3 is 14.8 Å². The van der Waals surface area contributed by atoms with Crippen LogP contribution >= 0.6 is 0 Å². The second-order valence-corrected chi connectivity index (χ2v) is 2.84. The van der Waals surface area contributed by atoms with Crippen LogP contribution in [0.5, 0.6) is 11.5 Å². The fraction of sp³-hybridized carbons (Fsp3) is 0.333. The Morgan fingerprint density at radius 3 is 2.29 bits per heavy atom. The summed E-state index contributed by atoms with van der Waals surface area (Å²) in [5.74, 6) is -1.51. The molecule has 0 atom stereocenters. The van der Waals surface area contributed by atoms with Gasteiger partial charge >= 0.3 is 13.0 Å². The molecule has 0 aliphatic heterocycles. The second kappa shape index (κ2) is 5.07. The molecule has 0 saturated heterocycles. The van der Waals surface area contributed by atoms with Crippen molar-refractivity contribution in [3.8, 4) is 11.5 Å². The van der Waals surface area contributed by atoms with E-state index >= 15 is 0 Å². The van der Waals surface area contributed by atoms with E-state index in [0.29, 0.717) is 5.69 Å². The van der Waals surface area contributed by atoms with Crippen molar-refractivity contribution in [2.45, 2.75) is 13.0 Å². The molecule has 0 bridgehead atoms. The van der Waals surface area contributed by atoms with Gasteiger partial charge in [0.05, 0.1) is 0 Å². The van der Waals surface area contributed by atoms with Crippen LogP contribution in [-0.2, 0) is 0 Å². The van der Waals surface area contributed by atoms with Crippen molar-refractivity contribution >= 4 is 5.69 Å². The third kappa shape index (κ3) is 4.33. The molecule has 1 aromatic rings. The molecule has 0 amide bonds. The van der Waals surface area contributed by atoms with Crippen LogP contribution in [0.2, 0.25) is 0 Å². The van der Waals surface area contributed by atoms with Gasteiger partial charge in [-0.25, -0.2) is 0 Å². The van der Waals surface area contributed by atoms with Crippen molar-refractivity contribution in [3.05, 3.63) is 18.2 Å². The van der Waals surface area contributed by atoms with Gasteiger partial charge in [0.1, 0.15) is 0 Å². The molecule has 0 radical (unpaired) electrons. The second-order valence-electron chi connectivity index (χ2n) is 2.84. The van der Waals surface area contributed by atoms with Crippen molar-refractivity contribution in [3.63, 3.8) is 0 Å². The van der Waals surface area contributed by atoms with E-state index in [0.717, 1.165) is 12.1 Å². The van der Waals surface area contributed by atoms with Crippen molar-refractivity contribution in [1.29, 1.82) is 0 Å². The monoisotopic (exact) mass is 257 g/mol. The normalized spacial score (nSPS) is 11.5. The molecule has 0 saturated carbocycles. The summed E-state index contributed by atoms with van der Waals surface area (Å²) in [5.41, 5.74) is 0.315. The summed E-state index contributed by atoms with van der Waals surface area (Å²) in [4.78, 5) is 0. The lowest BCUT2D eigenvalue weighted by Crippen LogP contribution is -2.18. The van der Waals surface area contributed by atoms with E-state index in [1.165, 1.54) is 13.1 Å². The molecule has 0 aromatic heterocycles. The van der Waals surface area contributed by atoms with Crippen LogP contribution in [0.15, 0.2) is 18.2 Å². The Kier molecular flexibility index (Phi) is 3.97. The molecule has 0 spiro atoms. The maximum Gasteiger partial charge on any atom is 0.573 e. The van der Waals surface area contributed by atoms with Crippen molar-refractivity contribution in [1.82, 2.24) is 0 Å². The lowest BCUT2D eigenvalue weighted by Gasteiger charge is -2.14. The third-order valence-electron chi connectivity index (χ3n) is 1.67. The number of halogens is 5. The van der Waals surface area contributed by atoms with Gasteiger partial charge in [0.25, 0.3) is 0 Å². The average molecular weight is 257 g/mol. The zero-order valence-corrected chi connectivity index (χ0v) is 8.52. The SMILES string of the molecule is CNc1ccc(OC(F)(F)F)c(OC(F)F)c1. The Labute approximate surface area is 93.1 Å². The average Bonchev–Trinajstić information content (AvgIpc) is 2.17. The first-order valence-electron chi connectivity index (χ1n) is 4.34. The van der Waals surface area contributed by atoms with Crippen LogP contribution in [0.25, 0.3) is 0 Å². The Bertz CT molecular complexity index is 380. The highest BCUT2D eigenvalue weighted by molar-refractivity contribution is 5.54. The molecule has 1 aromatic carbocycles. The summed E-state index contributed by atoms with van der Waals surface area (Å²) >= 11 is 0. The molecule has 0 fully saturated rings. The summed E-state index contributed by atoms with van der Waals surface area (Å²) in [7, 11) is 1.48. The van der Waals surface area contributed by atoms with E-state index in [1.807, 2.05) is 0 Å². The summed E-state index contributed by atoms with van der Waals surface area (Å²) in [6.45, 7) is -3.24. The number of ether oxygens (including phenoxy) is 2.